The molecule has 18 heavy (non-hydrogen) atoms. The van der Waals surface area contributed by atoms with Crippen LogP contribution in [0.1, 0.15) is 32.6 Å². The zero-order valence-corrected chi connectivity index (χ0v) is 11.8. The topological polar surface area (TPSA) is 47.7 Å². The van der Waals surface area contributed by atoms with Crippen LogP contribution in [-0.4, -0.2) is 56.5 Å². The van der Waals surface area contributed by atoms with E-state index in [4.69, 9.17) is 15.2 Å². The van der Waals surface area contributed by atoms with Crippen molar-refractivity contribution in [3.63, 3.8) is 0 Å². The average Bonchev–Trinajstić information content (AvgIpc) is 2.78. The SMILES string of the molecule is CC1CCC(C(CN)N(C)CC2CCOCC2)O1. The zero-order valence-electron chi connectivity index (χ0n) is 11.8. The van der Waals surface area contributed by atoms with Crippen molar-refractivity contribution >= 4 is 0 Å². The van der Waals surface area contributed by atoms with Crippen molar-refractivity contribution in [2.24, 2.45) is 11.7 Å². The molecule has 4 nitrogen and oxygen atoms in total. The third-order valence-electron chi connectivity index (χ3n) is 4.39. The summed E-state index contributed by atoms with van der Waals surface area (Å²) < 4.78 is 11.4. The molecule has 106 valence electrons. The molecule has 0 aromatic rings. The molecule has 3 unspecified atom stereocenters. The van der Waals surface area contributed by atoms with Crippen molar-refractivity contribution in [2.45, 2.75) is 50.9 Å². The molecule has 2 fully saturated rings. The Morgan fingerprint density at radius 2 is 1.94 bits per heavy atom. The molecular formula is C14H28N2O2. The van der Waals surface area contributed by atoms with Crippen LogP contribution in [0.25, 0.3) is 0 Å². The summed E-state index contributed by atoms with van der Waals surface area (Å²) in [5.41, 5.74) is 5.96. The molecule has 2 heterocycles. The molecule has 2 N–H and O–H groups in total. The van der Waals surface area contributed by atoms with Gasteiger partial charge in [0.15, 0.2) is 0 Å². The van der Waals surface area contributed by atoms with E-state index in [1.54, 1.807) is 0 Å². The van der Waals surface area contributed by atoms with Gasteiger partial charge in [-0.3, -0.25) is 4.90 Å². The van der Waals surface area contributed by atoms with Gasteiger partial charge < -0.3 is 15.2 Å². The lowest BCUT2D eigenvalue weighted by molar-refractivity contribution is -0.00861. The molecule has 2 aliphatic rings. The second-order valence-electron chi connectivity index (χ2n) is 5.86. The fraction of sp³-hybridized carbons (Fsp3) is 1.00. The molecule has 2 aliphatic heterocycles. The largest absolute Gasteiger partial charge is 0.381 e. The number of likely N-dealkylation sites (N-methyl/N-ethyl adjacent to an activating group) is 1. The van der Waals surface area contributed by atoms with E-state index < -0.39 is 0 Å². The third-order valence-corrected chi connectivity index (χ3v) is 4.39. The highest BCUT2D eigenvalue weighted by Gasteiger charge is 2.32. The summed E-state index contributed by atoms with van der Waals surface area (Å²) in [4.78, 5) is 2.42. The van der Waals surface area contributed by atoms with Gasteiger partial charge >= 0.3 is 0 Å². The Bertz CT molecular complexity index is 244. The number of nitrogens with two attached hydrogens (primary N) is 1. The van der Waals surface area contributed by atoms with Gasteiger partial charge in [0, 0.05) is 32.3 Å². The van der Waals surface area contributed by atoms with Gasteiger partial charge in [-0.25, -0.2) is 0 Å². The van der Waals surface area contributed by atoms with Crippen molar-refractivity contribution in [3.05, 3.63) is 0 Å². The molecule has 0 saturated carbocycles. The van der Waals surface area contributed by atoms with Crippen LogP contribution in [0.15, 0.2) is 0 Å². The molecule has 0 aromatic carbocycles. The van der Waals surface area contributed by atoms with E-state index in [0.717, 1.165) is 32.1 Å². The molecule has 0 aliphatic carbocycles. The van der Waals surface area contributed by atoms with Gasteiger partial charge in [-0.15, -0.1) is 0 Å². The summed E-state index contributed by atoms with van der Waals surface area (Å²) in [5, 5.41) is 0. The zero-order chi connectivity index (χ0) is 13.0. The maximum atomic E-state index is 5.98. The monoisotopic (exact) mass is 256 g/mol. The van der Waals surface area contributed by atoms with E-state index in [1.165, 1.54) is 19.3 Å². The van der Waals surface area contributed by atoms with Crippen LogP contribution >= 0.6 is 0 Å². The lowest BCUT2D eigenvalue weighted by Crippen LogP contribution is -2.48. The van der Waals surface area contributed by atoms with Crippen LogP contribution < -0.4 is 5.73 Å². The summed E-state index contributed by atoms with van der Waals surface area (Å²) in [6.07, 6.45) is 5.43. The maximum absolute atomic E-state index is 5.98. The third kappa shape index (κ3) is 3.67. The minimum atomic E-state index is 0.329. The highest BCUT2D eigenvalue weighted by Crippen LogP contribution is 2.25. The molecule has 4 heteroatoms. The van der Waals surface area contributed by atoms with Gasteiger partial charge in [0.1, 0.15) is 0 Å². The quantitative estimate of drug-likeness (QED) is 0.804. The Balaban J connectivity index is 1.82. The van der Waals surface area contributed by atoms with Crippen molar-refractivity contribution in [3.8, 4) is 0 Å². The Morgan fingerprint density at radius 1 is 1.22 bits per heavy atom. The summed E-state index contributed by atoms with van der Waals surface area (Å²) in [7, 11) is 2.19. The maximum Gasteiger partial charge on any atom is 0.0746 e. The van der Waals surface area contributed by atoms with Gasteiger partial charge in [0.25, 0.3) is 0 Å². The molecule has 0 aromatic heterocycles. The molecule has 0 spiro atoms. The van der Waals surface area contributed by atoms with E-state index in [1.807, 2.05) is 0 Å². The Hall–Kier alpha value is -0.160. The second kappa shape index (κ2) is 6.85. The van der Waals surface area contributed by atoms with E-state index in [0.29, 0.717) is 24.8 Å². The predicted octanol–water partition coefficient (Wildman–Crippen LogP) is 1.24. The standard InChI is InChI=1S/C14H28N2O2/c1-11-3-4-14(18-11)13(9-15)16(2)10-12-5-7-17-8-6-12/h11-14H,3-10,15H2,1-2H3. The first kappa shape index (κ1) is 14.3. The van der Waals surface area contributed by atoms with Crippen LogP contribution in [0, 0.1) is 5.92 Å². The van der Waals surface area contributed by atoms with E-state index in [-0.39, 0.29) is 0 Å². The number of nitrogens with zero attached hydrogens (tertiary/aromatic N) is 1. The molecule has 0 bridgehead atoms. The van der Waals surface area contributed by atoms with Gasteiger partial charge in [0.2, 0.25) is 0 Å². The summed E-state index contributed by atoms with van der Waals surface area (Å²) in [6.45, 7) is 5.81. The van der Waals surface area contributed by atoms with Crippen molar-refractivity contribution in [1.82, 2.24) is 4.90 Å². The van der Waals surface area contributed by atoms with Gasteiger partial charge in [-0.2, -0.15) is 0 Å². The normalized spacial score (nSPS) is 32.0. The van der Waals surface area contributed by atoms with Crippen LogP contribution in [0.3, 0.4) is 0 Å². The first-order valence-corrected chi connectivity index (χ1v) is 7.34. The van der Waals surface area contributed by atoms with Crippen LogP contribution in [-0.2, 0) is 9.47 Å². The Morgan fingerprint density at radius 3 is 2.50 bits per heavy atom. The number of hydrogen-bond donors (Lipinski definition) is 1. The highest BCUT2D eigenvalue weighted by atomic mass is 16.5. The minimum Gasteiger partial charge on any atom is -0.381 e. The first-order valence-electron chi connectivity index (χ1n) is 7.34. The van der Waals surface area contributed by atoms with Gasteiger partial charge in [0.05, 0.1) is 12.2 Å². The van der Waals surface area contributed by atoms with E-state index >= 15 is 0 Å². The lowest BCUT2D eigenvalue weighted by atomic mass is 9.98. The Kier molecular flexibility index (Phi) is 5.42. The summed E-state index contributed by atoms with van der Waals surface area (Å²) in [5.74, 6) is 0.761. The van der Waals surface area contributed by atoms with Gasteiger partial charge in [-0.1, -0.05) is 0 Å². The van der Waals surface area contributed by atoms with E-state index in [9.17, 15) is 0 Å². The van der Waals surface area contributed by atoms with Crippen molar-refractivity contribution in [2.75, 3.05) is 33.4 Å². The van der Waals surface area contributed by atoms with Crippen molar-refractivity contribution in [1.29, 1.82) is 0 Å². The summed E-state index contributed by atoms with van der Waals surface area (Å²) in [6, 6.07) is 0.373. The Labute approximate surface area is 111 Å². The molecule has 0 amide bonds. The smallest absolute Gasteiger partial charge is 0.0746 e. The van der Waals surface area contributed by atoms with Crippen LogP contribution in [0.4, 0.5) is 0 Å². The first-order chi connectivity index (χ1) is 8.70. The lowest BCUT2D eigenvalue weighted by Gasteiger charge is -2.35. The molecular weight excluding hydrogens is 228 g/mol. The van der Waals surface area contributed by atoms with Crippen molar-refractivity contribution < 1.29 is 9.47 Å². The number of ether oxygens (including phenoxy) is 2. The molecule has 3 atom stereocenters. The minimum absolute atomic E-state index is 0.329. The number of rotatable bonds is 5. The molecule has 0 radical (unpaired) electrons. The summed E-state index contributed by atoms with van der Waals surface area (Å²) >= 11 is 0. The molecule has 2 saturated heterocycles. The number of hydrogen-bond acceptors (Lipinski definition) is 4. The van der Waals surface area contributed by atoms with E-state index in [2.05, 4.69) is 18.9 Å². The van der Waals surface area contributed by atoms with Crippen LogP contribution in [0.5, 0.6) is 0 Å². The average molecular weight is 256 g/mol. The fourth-order valence-electron chi connectivity index (χ4n) is 3.20. The van der Waals surface area contributed by atoms with Gasteiger partial charge in [-0.05, 0) is 45.6 Å². The predicted molar refractivity (Wildman–Crippen MR) is 72.6 cm³/mol. The second-order valence-corrected chi connectivity index (χ2v) is 5.86. The van der Waals surface area contributed by atoms with Crippen LogP contribution in [0.2, 0.25) is 0 Å². The highest BCUT2D eigenvalue weighted by molar-refractivity contribution is 4.85. The molecule has 2 rings (SSSR count). The fourth-order valence-corrected chi connectivity index (χ4v) is 3.20.